The highest BCUT2D eigenvalue weighted by Crippen LogP contribution is 2.14. The molecule has 1 aromatic rings. The number of rotatable bonds is 7. The van der Waals surface area contributed by atoms with E-state index in [1.54, 1.807) is 19.2 Å². The molecule has 0 saturated carbocycles. The summed E-state index contributed by atoms with van der Waals surface area (Å²) in [6, 6.07) is 4.95. The van der Waals surface area contributed by atoms with Crippen molar-refractivity contribution in [3.8, 4) is 0 Å². The lowest BCUT2D eigenvalue weighted by atomic mass is 10.1. The zero-order chi connectivity index (χ0) is 15.1. The standard InChI is InChI=1S/C15H20FNO3/c1-11(10-20-3)17(2)9-12-4-6-14(16)13(8-12)5-7-15(18)19/h4-8,11H,9-10H2,1-3H3,(H,18,19). The Labute approximate surface area is 118 Å². The third kappa shape index (κ3) is 5.11. The summed E-state index contributed by atoms with van der Waals surface area (Å²) in [5, 5.41) is 8.58. The Morgan fingerprint density at radius 2 is 2.25 bits per heavy atom. The average Bonchev–Trinajstić information content (AvgIpc) is 2.39. The summed E-state index contributed by atoms with van der Waals surface area (Å²) in [7, 11) is 3.61. The molecule has 0 aliphatic heterocycles. The molecule has 110 valence electrons. The van der Waals surface area contributed by atoms with Crippen molar-refractivity contribution in [3.05, 3.63) is 41.2 Å². The summed E-state index contributed by atoms with van der Waals surface area (Å²) in [5.41, 5.74) is 1.19. The number of carboxylic acid groups (broad SMARTS) is 1. The van der Waals surface area contributed by atoms with Crippen LogP contribution >= 0.6 is 0 Å². The number of carbonyl (C=O) groups is 1. The normalized spacial score (nSPS) is 13.1. The monoisotopic (exact) mass is 281 g/mol. The molecule has 0 saturated heterocycles. The van der Waals surface area contributed by atoms with Gasteiger partial charge < -0.3 is 9.84 Å². The van der Waals surface area contributed by atoms with E-state index in [-0.39, 0.29) is 11.6 Å². The van der Waals surface area contributed by atoms with Crippen LogP contribution in [0.5, 0.6) is 0 Å². The van der Waals surface area contributed by atoms with E-state index in [1.807, 2.05) is 14.0 Å². The number of hydrogen-bond donors (Lipinski definition) is 1. The molecule has 1 atom stereocenters. The van der Waals surface area contributed by atoms with Crippen molar-refractivity contribution < 1.29 is 19.0 Å². The zero-order valence-corrected chi connectivity index (χ0v) is 12.0. The SMILES string of the molecule is COCC(C)N(C)Cc1ccc(F)c(C=CC(=O)O)c1. The first kappa shape index (κ1) is 16.3. The van der Waals surface area contributed by atoms with Crippen LogP contribution in [0, 0.1) is 5.82 Å². The number of ether oxygens (including phenoxy) is 1. The molecule has 0 amide bonds. The number of methoxy groups -OCH3 is 1. The van der Waals surface area contributed by atoms with Crippen LogP contribution in [0.3, 0.4) is 0 Å². The van der Waals surface area contributed by atoms with Gasteiger partial charge in [-0.25, -0.2) is 9.18 Å². The summed E-state index contributed by atoms with van der Waals surface area (Å²) in [6.45, 7) is 3.29. The molecule has 0 spiro atoms. The zero-order valence-electron chi connectivity index (χ0n) is 12.0. The molecule has 0 aliphatic rings. The molecule has 1 aromatic carbocycles. The number of hydrogen-bond acceptors (Lipinski definition) is 3. The first-order valence-corrected chi connectivity index (χ1v) is 6.32. The van der Waals surface area contributed by atoms with Gasteiger partial charge in [0.15, 0.2) is 0 Å². The smallest absolute Gasteiger partial charge is 0.328 e. The maximum Gasteiger partial charge on any atom is 0.328 e. The van der Waals surface area contributed by atoms with E-state index in [2.05, 4.69) is 4.90 Å². The van der Waals surface area contributed by atoms with Gasteiger partial charge in [0.1, 0.15) is 5.82 Å². The molecule has 4 nitrogen and oxygen atoms in total. The molecule has 5 heteroatoms. The summed E-state index contributed by atoms with van der Waals surface area (Å²) in [5.74, 6) is -1.53. The van der Waals surface area contributed by atoms with E-state index in [4.69, 9.17) is 9.84 Å². The van der Waals surface area contributed by atoms with Crippen LogP contribution in [-0.2, 0) is 16.1 Å². The molecule has 1 rings (SSSR count). The molecule has 0 aliphatic carbocycles. The van der Waals surface area contributed by atoms with E-state index >= 15 is 0 Å². The number of aliphatic carboxylic acids is 1. The van der Waals surface area contributed by atoms with Crippen LogP contribution in [0.25, 0.3) is 6.08 Å². The van der Waals surface area contributed by atoms with Crippen molar-refractivity contribution in [1.29, 1.82) is 0 Å². The maximum atomic E-state index is 13.6. The summed E-state index contributed by atoms with van der Waals surface area (Å²) in [4.78, 5) is 12.6. The molecule has 0 bridgehead atoms. The number of carboxylic acids is 1. The van der Waals surface area contributed by atoms with E-state index in [0.29, 0.717) is 13.2 Å². The van der Waals surface area contributed by atoms with Crippen molar-refractivity contribution in [2.24, 2.45) is 0 Å². The van der Waals surface area contributed by atoms with Crippen LogP contribution in [0.1, 0.15) is 18.1 Å². The second-order valence-electron chi connectivity index (χ2n) is 4.75. The highest BCUT2D eigenvalue weighted by Gasteiger charge is 2.10. The Morgan fingerprint density at radius 3 is 2.85 bits per heavy atom. The molecule has 0 fully saturated rings. The first-order valence-electron chi connectivity index (χ1n) is 6.32. The second-order valence-corrected chi connectivity index (χ2v) is 4.75. The molecule has 1 N–H and O–H groups in total. The molecule has 20 heavy (non-hydrogen) atoms. The first-order chi connectivity index (χ1) is 9.43. The lowest BCUT2D eigenvalue weighted by Crippen LogP contribution is -2.32. The van der Waals surface area contributed by atoms with Gasteiger partial charge in [-0.05, 0) is 37.7 Å². The fourth-order valence-corrected chi connectivity index (χ4v) is 1.79. The van der Waals surface area contributed by atoms with Crippen molar-refractivity contribution in [2.75, 3.05) is 20.8 Å². The van der Waals surface area contributed by atoms with E-state index in [1.165, 1.54) is 12.1 Å². The molecule has 0 aromatic heterocycles. The van der Waals surface area contributed by atoms with Gasteiger partial charge in [0.25, 0.3) is 0 Å². The predicted octanol–water partition coefficient (Wildman–Crippen LogP) is 2.39. The van der Waals surface area contributed by atoms with Crippen molar-refractivity contribution in [3.63, 3.8) is 0 Å². The summed E-state index contributed by atoms with van der Waals surface area (Å²) < 4.78 is 18.7. The van der Waals surface area contributed by atoms with Crippen LogP contribution in [0.2, 0.25) is 0 Å². The van der Waals surface area contributed by atoms with Gasteiger partial charge in [0, 0.05) is 31.3 Å². The van der Waals surface area contributed by atoms with E-state index < -0.39 is 11.8 Å². The van der Waals surface area contributed by atoms with Gasteiger partial charge >= 0.3 is 5.97 Å². The highest BCUT2D eigenvalue weighted by atomic mass is 19.1. The fourth-order valence-electron chi connectivity index (χ4n) is 1.79. The Morgan fingerprint density at radius 1 is 1.55 bits per heavy atom. The third-order valence-corrected chi connectivity index (χ3v) is 3.06. The predicted molar refractivity (Wildman–Crippen MR) is 75.9 cm³/mol. The largest absolute Gasteiger partial charge is 0.478 e. The summed E-state index contributed by atoms with van der Waals surface area (Å²) >= 11 is 0. The van der Waals surface area contributed by atoms with E-state index in [9.17, 15) is 9.18 Å². The Balaban J connectivity index is 2.82. The average molecular weight is 281 g/mol. The second kappa shape index (κ2) is 7.77. The lowest BCUT2D eigenvalue weighted by molar-refractivity contribution is -0.131. The van der Waals surface area contributed by atoms with Crippen molar-refractivity contribution >= 4 is 12.0 Å². The minimum absolute atomic E-state index is 0.239. The van der Waals surface area contributed by atoms with Crippen molar-refractivity contribution in [1.82, 2.24) is 4.90 Å². The fraction of sp³-hybridized carbons (Fsp3) is 0.400. The minimum Gasteiger partial charge on any atom is -0.478 e. The van der Waals surface area contributed by atoms with Gasteiger partial charge in [0.2, 0.25) is 0 Å². The van der Waals surface area contributed by atoms with Crippen molar-refractivity contribution in [2.45, 2.75) is 19.5 Å². The number of likely N-dealkylation sites (N-methyl/N-ethyl adjacent to an activating group) is 1. The van der Waals surface area contributed by atoms with Gasteiger partial charge in [-0.2, -0.15) is 0 Å². The number of nitrogens with zero attached hydrogens (tertiary/aromatic N) is 1. The third-order valence-electron chi connectivity index (χ3n) is 3.06. The topological polar surface area (TPSA) is 49.8 Å². The Hall–Kier alpha value is -1.72. The van der Waals surface area contributed by atoms with Crippen LogP contribution < -0.4 is 0 Å². The van der Waals surface area contributed by atoms with Crippen LogP contribution in [0.15, 0.2) is 24.3 Å². The maximum absolute atomic E-state index is 13.6. The minimum atomic E-state index is -1.10. The molecular formula is C15H20FNO3. The van der Waals surface area contributed by atoms with Crippen LogP contribution in [0.4, 0.5) is 4.39 Å². The van der Waals surface area contributed by atoms with Crippen LogP contribution in [-0.4, -0.2) is 42.8 Å². The highest BCUT2D eigenvalue weighted by molar-refractivity contribution is 5.85. The summed E-state index contributed by atoms with van der Waals surface area (Å²) in [6.07, 6.45) is 2.19. The van der Waals surface area contributed by atoms with Gasteiger partial charge in [-0.1, -0.05) is 6.07 Å². The Bertz CT molecular complexity index is 488. The quantitative estimate of drug-likeness (QED) is 0.780. The molecule has 0 radical (unpaired) electrons. The van der Waals surface area contributed by atoms with Gasteiger partial charge in [0.05, 0.1) is 6.61 Å². The number of halogens is 1. The lowest BCUT2D eigenvalue weighted by Gasteiger charge is -2.24. The van der Waals surface area contributed by atoms with Gasteiger partial charge in [-0.15, -0.1) is 0 Å². The molecular weight excluding hydrogens is 261 g/mol. The molecule has 1 unspecified atom stereocenters. The van der Waals surface area contributed by atoms with Gasteiger partial charge in [-0.3, -0.25) is 4.90 Å². The number of benzene rings is 1. The Kier molecular flexibility index (Phi) is 6.35. The van der Waals surface area contributed by atoms with E-state index in [0.717, 1.165) is 11.6 Å². The molecule has 0 heterocycles.